The van der Waals surface area contributed by atoms with Crippen LogP contribution in [0.5, 0.6) is 0 Å². The monoisotopic (exact) mass is 389 g/mol. The van der Waals surface area contributed by atoms with Crippen molar-refractivity contribution < 1.29 is 0 Å². The lowest BCUT2D eigenvalue weighted by molar-refractivity contribution is 0.614. The van der Waals surface area contributed by atoms with Crippen LogP contribution in [0.1, 0.15) is 30.5 Å². The lowest BCUT2D eigenvalue weighted by Crippen LogP contribution is -2.39. The molecule has 1 rings (SSSR count). The average molecular weight is 389 g/mol. The van der Waals surface area contributed by atoms with E-state index in [1.165, 1.54) is 16.7 Å². The van der Waals surface area contributed by atoms with Gasteiger partial charge in [0.15, 0.2) is 5.96 Å². The van der Waals surface area contributed by atoms with Gasteiger partial charge in [-0.05, 0) is 31.7 Å². The van der Waals surface area contributed by atoms with E-state index in [-0.39, 0.29) is 24.0 Å². The fourth-order valence-corrected chi connectivity index (χ4v) is 2.06. The van der Waals surface area contributed by atoms with Crippen molar-refractivity contribution in [2.75, 3.05) is 20.1 Å². The number of hydrogen-bond donors (Lipinski definition) is 2. The molecule has 20 heavy (non-hydrogen) atoms. The van der Waals surface area contributed by atoms with Crippen LogP contribution in [-0.4, -0.2) is 26.1 Å². The number of halogens is 1. The number of guanidine groups is 1. The number of hydrogen-bond acceptors (Lipinski definition) is 1. The fourth-order valence-electron chi connectivity index (χ4n) is 2.06. The van der Waals surface area contributed by atoms with Crippen LogP contribution in [0.2, 0.25) is 0 Å². The molecule has 3 nitrogen and oxygen atoms in total. The Morgan fingerprint density at radius 1 is 1.10 bits per heavy atom. The summed E-state index contributed by atoms with van der Waals surface area (Å²) in [5.74, 6) is 1.51. The Labute approximate surface area is 140 Å². The SMILES string of the molecule is CN=C(NCCc1cc(C)cc(C)c1)NCC(C)C.I. The molecule has 0 radical (unpaired) electrons. The van der Waals surface area contributed by atoms with Gasteiger partial charge in [0, 0.05) is 20.1 Å². The number of aryl methyl sites for hydroxylation is 2. The van der Waals surface area contributed by atoms with Gasteiger partial charge in [0.05, 0.1) is 0 Å². The van der Waals surface area contributed by atoms with E-state index in [0.29, 0.717) is 5.92 Å². The number of rotatable bonds is 5. The van der Waals surface area contributed by atoms with Crippen molar-refractivity contribution in [2.45, 2.75) is 34.1 Å². The van der Waals surface area contributed by atoms with E-state index in [0.717, 1.165) is 25.5 Å². The van der Waals surface area contributed by atoms with Gasteiger partial charge in [0.2, 0.25) is 0 Å². The highest BCUT2D eigenvalue weighted by Crippen LogP contribution is 2.08. The minimum atomic E-state index is 0. The minimum Gasteiger partial charge on any atom is -0.356 e. The van der Waals surface area contributed by atoms with Crippen molar-refractivity contribution in [3.63, 3.8) is 0 Å². The number of benzene rings is 1. The minimum absolute atomic E-state index is 0. The molecule has 0 fully saturated rings. The van der Waals surface area contributed by atoms with Crippen LogP contribution in [0.3, 0.4) is 0 Å². The molecule has 0 saturated carbocycles. The van der Waals surface area contributed by atoms with Gasteiger partial charge in [-0.25, -0.2) is 0 Å². The first-order valence-electron chi connectivity index (χ1n) is 7.03. The molecule has 0 aliphatic carbocycles. The Morgan fingerprint density at radius 3 is 2.20 bits per heavy atom. The molecule has 0 aromatic heterocycles. The predicted octanol–water partition coefficient (Wildman–Crippen LogP) is 3.28. The Balaban J connectivity index is 0.00000361. The van der Waals surface area contributed by atoms with Crippen molar-refractivity contribution in [2.24, 2.45) is 10.9 Å². The van der Waals surface area contributed by atoms with Crippen LogP contribution < -0.4 is 10.6 Å². The van der Waals surface area contributed by atoms with Crippen molar-refractivity contribution in [1.82, 2.24) is 10.6 Å². The average Bonchev–Trinajstić information content (AvgIpc) is 2.32. The summed E-state index contributed by atoms with van der Waals surface area (Å²) in [4.78, 5) is 4.22. The zero-order valence-corrected chi connectivity index (χ0v) is 15.6. The molecule has 0 heterocycles. The maximum atomic E-state index is 4.22. The van der Waals surface area contributed by atoms with Crippen molar-refractivity contribution in [1.29, 1.82) is 0 Å². The highest BCUT2D eigenvalue weighted by molar-refractivity contribution is 14.0. The highest BCUT2D eigenvalue weighted by Gasteiger charge is 2.00. The third-order valence-electron chi connectivity index (χ3n) is 2.89. The molecule has 4 heteroatoms. The largest absolute Gasteiger partial charge is 0.356 e. The van der Waals surface area contributed by atoms with Gasteiger partial charge in [-0.2, -0.15) is 0 Å². The summed E-state index contributed by atoms with van der Waals surface area (Å²) < 4.78 is 0. The van der Waals surface area contributed by atoms with Crippen LogP contribution in [0.15, 0.2) is 23.2 Å². The maximum Gasteiger partial charge on any atom is 0.190 e. The lowest BCUT2D eigenvalue weighted by Gasteiger charge is -2.13. The summed E-state index contributed by atoms with van der Waals surface area (Å²) in [5, 5.41) is 6.67. The van der Waals surface area contributed by atoms with E-state index in [2.05, 4.69) is 61.5 Å². The second kappa shape index (κ2) is 10.0. The summed E-state index contributed by atoms with van der Waals surface area (Å²) >= 11 is 0. The molecule has 0 aliphatic heterocycles. The van der Waals surface area contributed by atoms with E-state index in [9.17, 15) is 0 Å². The molecule has 0 saturated heterocycles. The molecule has 0 atom stereocenters. The molecule has 1 aromatic rings. The van der Waals surface area contributed by atoms with Crippen molar-refractivity contribution >= 4 is 29.9 Å². The van der Waals surface area contributed by atoms with Gasteiger partial charge in [0.25, 0.3) is 0 Å². The molecule has 0 amide bonds. The second-order valence-corrected chi connectivity index (χ2v) is 5.52. The Kier molecular flexibility index (Phi) is 9.63. The summed E-state index contributed by atoms with van der Waals surface area (Å²) in [5.41, 5.74) is 4.04. The van der Waals surface area contributed by atoms with E-state index >= 15 is 0 Å². The Bertz CT molecular complexity index is 407. The van der Waals surface area contributed by atoms with Gasteiger partial charge in [-0.3, -0.25) is 4.99 Å². The van der Waals surface area contributed by atoms with Gasteiger partial charge in [0.1, 0.15) is 0 Å². The molecular weight excluding hydrogens is 361 g/mol. The number of nitrogens with one attached hydrogen (secondary N) is 2. The summed E-state index contributed by atoms with van der Waals surface area (Å²) in [7, 11) is 1.81. The molecular formula is C16H28IN3. The molecule has 2 N–H and O–H groups in total. The Hall–Kier alpha value is -0.780. The van der Waals surface area contributed by atoms with E-state index < -0.39 is 0 Å². The molecule has 0 bridgehead atoms. The highest BCUT2D eigenvalue weighted by atomic mass is 127. The fraction of sp³-hybridized carbons (Fsp3) is 0.562. The topological polar surface area (TPSA) is 36.4 Å². The normalized spacial score (nSPS) is 11.2. The standard InChI is InChI=1S/C16H27N3.HI/c1-12(2)11-19-16(17-5)18-7-6-15-9-13(3)8-14(4)10-15;/h8-10,12H,6-7,11H2,1-5H3,(H2,17,18,19);1H. The van der Waals surface area contributed by atoms with Crippen molar-refractivity contribution in [3.05, 3.63) is 34.9 Å². The summed E-state index contributed by atoms with van der Waals surface area (Å²) in [6.45, 7) is 10.5. The van der Waals surface area contributed by atoms with Gasteiger partial charge < -0.3 is 10.6 Å². The lowest BCUT2D eigenvalue weighted by atomic mass is 10.1. The van der Waals surface area contributed by atoms with Crippen LogP contribution in [0.25, 0.3) is 0 Å². The van der Waals surface area contributed by atoms with Crippen LogP contribution >= 0.6 is 24.0 Å². The number of aliphatic imine (C=N–C) groups is 1. The van der Waals surface area contributed by atoms with E-state index in [4.69, 9.17) is 0 Å². The summed E-state index contributed by atoms with van der Waals surface area (Å²) in [6.07, 6.45) is 1.02. The Morgan fingerprint density at radius 2 is 1.70 bits per heavy atom. The smallest absolute Gasteiger partial charge is 0.190 e. The second-order valence-electron chi connectivity index (χ2n) is 5.52. The van der Waals surface area contributed by atoms with Crippen molar-refractivity contribution in [3.8, 4) is 0 Å². The molecule has 1 aromatic carbocycles. The molecule has 0 spiro atoms. The third kappa shape index (κ3) is 7.72. The summed E-state index contributed by atoms with van der Waals surface area (Å²) in [6, 6.07) is 6.71. The first kappa shape index (κ1) is 19.2. The predicted molar refractivity (Wildman–Crippen MR) is 99.2 cm³/mol. The quantitative estimate of drug-likeness (QED) is 0.461. The van der Waals surface area contributed by atoms with E-state index in [1.807, 2.05) is 7.05 Å². The third-order valence-corrected chi connectivity index (χ3v) is 2.89. The van der Waals surface area contributed by atoms with Gasteiger partial charge >= 0.3 is 0 Å². The van der Waals surface area contributed by atoms with Crippen LogP contribution in [-0.2, 0) is 6.42 Å². The van der Waals surface area contributed by atoms with Gasteiger partial charge in [-0.15, -0.1) is 24.0 Å². The van der Waals surface area contributed by atoms with Crippen LogP contribution in [0, 0.1) is 19.8 Å². The van der Waals surface area contributed by atoms with Gasteiger partial charge in [-0.1, -0.05) is 43.2 Å². The first-order chi connectivity index (χ1) is 9.01. The molecule has 114 valence electrons. The molecule has 0 aliphatic rings. The zero-order chi connectivity index (χ0) is 14.3. The van der Waals surface area contributed by atoms with E-state index in [1.54, 1.807) is 0 Å². The molecule has 0 unspecified atom stereocenters. The van der Waals surface area contributed by atoms with Crippen LogP contribution in [0.4, 0.5) is 0 Å². The maximum absolute atomic E-state index is 4.22. The first-order valence-corrected chi connectivity index (χ1v) is 7.03. The number of nitrogens with zero attached hydrogens (tertiary/aromatic N) is 1. The zero-order valence-electron chi connectivity index (χ0n) is 13.3.